The van der Waals surface area contributed by atoms with Crippen molar-refractivity contribution in [3.05, 3.63) is 58.5 Å². The normalized spacial score (nSPS) is 16.3. The van der Waals surface area contributed by atoms with Gasteiger partial charge in [0.25, 0.3) is 5.56 Å². The molecule has 0 radical (unpaired) electrons. The van der Waals surface area contributed by atoms with Gasteiger partial charge in [0.2, 0.25) is 0 Å². The van der Waals surface area contributed by atoms with Crippen LogP contribution in [0.5, 0.6) is 0 Å². The molecule has 3 rings (SSSR count). The third-order valence-electron chi connectivity index (χ3n) is 5.45. The van der Waals surface area contributed by atoms with Gasteiger partial charge >= 0.3 is 11.9 Å². The zero-order valence-electron chi connectivity index (χ0n) is 21.6. The van der Waals surface area contributed by atoms with Gasteiger partial charge in [-0.3, -0.25) is 14.4 Å². The SMILES string of the molecule is CC(C)(C)OC(=O)/C=C(/C(=O)OC(C)(C)C)C(=NC1CCCCC1)n1ccc2ccccc2c1=O. The van der Waals surface area contributed by atoms with E-state index in [0.717, 1.165) is 43.6 Å². The lowest BCUT2D eigenvalue weighted by atomic mass is 9.96. The van der Waals surface area contributed by atoms with E-state index in [4.69, 9.17) is 14.5 Å². The molecule has 1 fully saturated rings. The number of nitrogens with zero attached hydrogens (tertiary/aromatic N) is 2. The Balaban J connectivity index is 2.22. The number of hydrogen-bond donors (Lipinski definition) is 0. The van der Waals surface area contributed by atoms with Gasteiger partial charge in [-0.15, -0.1) is 0 Å². The van der Waals surface area contributed by atoms with E-state index in [2.05, 4.69) is 0 Å². The van der Waals surface area contributed by atoms with Crippen molar-refractivity contribution in [2.45, 2.75) is 90.9 Å². The highest BCUT2D eigenvalue weighted by atomic mass is 16.6. The van der Waals surface area contributed by atoms with E-state index in [0.29, 0.717) is 5.39 Å². The van der Waals surface area contributed by atoms with E-state index in [1.54, 1.807) is 65.9 Å². The fraction of sp³-hybridized carbons (Fsp3) is 0.500. The monoisotopic (exact) mass is 480 g/mol. The van der Waals surface area contributed by atoms with Crippen LogP contribution < -0.4 is 5.56 Å². The van der Waals surface area contributed by atoms with Gasteiger partial charge in [-0.2, -0.15) is 0 Å². The number of carbonyl (C=O) groups is 2. The largest absolute Gasteiger partial charge is 0.457 e. The molecule has 1 aliphatic carbocycles. The van der Waals surface area contributed by atoms with Crippen molar-refractivity contribution in [3.8, 4) is 0 Å². The standard InChI is InChI=1S/C28H36N2O5/c1-27(2,3)34-23(31)18-22(26(33)35-28(4,5)6)24(29-20-13-8-7-9-14-20)30-17-16-19-12-10-11-15-21(19)25(30)32/h10-12,15-18,20H,7-9,13-14H2,1-6H3/b22-18+,29-24?. The minimum Gasteiger partial charge on any atom is -0.457 e. The van der Waals surface area contributed by atoms with Crippen molar-refractivity contribution >= 4 is 28.5 Å². The maximum atomic E-state index is 13.5. The van der Waals surface area contributed by atoms with Gasteiger partial charge < -0.3 is 9.47 Å². The smallest absolute Gasteiger partial charge is 0.342 e. The molecule has 0 unspecified atom stereocenters. The molecule has 1 aromatic heterocycles. The summed E-state index contributed by atoms with van der Waals surface area (Å²) in [7, 11) is 0. The third kappa shape index (κ3) is 7.38. The zero-order chi connectivity index (χ0) is 25.8. The molecule has 0 atom stereocenters. The quantitative estimate of drug-likeness (QED) is 0.260. The van der Waals surface area contributed by atoms with Crippen molar-refractivity contribution in [2.75, 3.05) is 0 Å². The minimum absolute atomic E-state index is 0.0680. The number of aliphatic imine (C=N–C) groups is 1. The second-order valence-corrected chi connectivity index (χ2v) is 10.9. The molecule has 1 aromatic carbocycles. The molecule has 0 bridgehead atoms. The van der Waals surface area contributed by atoms with Crippen LogP contribution in [0.4, 0.5) is 0 Å². The molecule has 1 aliphatic rings. The summed E-state index contributed by atoms with van der Waals surface area (Å²) in [5.41, 5.74) is -1.99. The highest BCUT2D eigenvalue weighted by molar-refractivity contribution is 6.22. The Morgan fingerprint density at radius 2 is 1.57 bits per heavy atom. The molecule has 35 heavy (non-hydrogen) atoms. The van der Waals surface area contributed by atoms with Crippen LogP contribution in [-0.2, 0) is 19.1 Å². The van der Waals surface area contributed by atoms with Crippen LogP contribution in [0.15, 0.2) is 58.0 Å². The van der Waals surface area contributed by atoms with Crippen molar-refractivity contribution in [1.82, 2.24) is 4.57 Å². The van der Waals surface area contributed by atoms with Crippen LogP contribution in [-0.4, -0.2) is 39.6 Å². The summed E-state index contributed by atoms with van der Waals surface area (Å²) in [6, 6.07) is 8.96. The van der Waals surface area contributed by atoms with E-state index < -0.39 is 23.1 Å². The van der Waals surface area contributed by atoms with E-state index >= 15 is 0 Å². The van der Waals surface area contributed by atoms with Gasteiger partial charge in [-0.1, -0.05) is 37.5 Å². The van der Waals surface area contributed by atoms with Crippen molar-refractivity contribution < 1.29 is 19.1 Å². The number of hydrogen-bond acceptors (Lipinski definition) is 6. The lowest BCUT2D eigenvalue weighted by molar-refractivity contribution is -0.152. The number of aromatic nitrogens is 1. The van der Waals surface area contributed by atoms with E-state index in [-0.39, 0.29) is 23.0 Å². The van der Waals surface area contributed by atoms with Crippen LogP contribution in [0.2, 0.25) is 0 Å². The lowest BCUT2D eigenvalue weighted by Crippen LogP contribution is -2.35. The number of rotatable bonds is 4. The number of carbonyl (C=O) groups excluding carboxylic acids is 2. The van der Waals surface area contributed by atoms with Crippen LogP contribution in [0, 0.1) is 0 Å². The third-order valence-corrected chi connectivity index (χ3v) is 5.45. The number of ether oxygens (including phenoxy) is 2. The summed E-state index contributed by atoms with van der Waals surface area (Å²) in [4.78, 5) is 44.6. The highest BCUT2D eigenvalue weighted by Crippen LogP contribution is 2.23. The summed E-state index contributed by atoms with van der Waals surface area (Å²) >= 11 is 0. The van der Waals surface area contributed by atoms with Gasteiger partial charge in [-0.05, 0) is 71.9 Å². The molecule has 1 heterocycles. The molecule has 0 N–H and O–H groups in total. The molecule has 0 saturated heterocycles. The Bertz CT molecular complexity index is 1200. The second-order valence-electron chi connectivity index (χ2n) is 10.9. The Kier molecular flexibility index (Phi) is 7.98. The Hall–Kier alpha value is -3.22. The van der Waals surface area contributed by atoms with Crippen molar-refractivity contribution in [2.24, 2.45) is 4.99 Å². The number of pyridine rings is 1. The summed E-state index contributed by atoms with van der Waals surface area (Å²) in [5, 5.41) is 1.27. The molecule has 0 aliphatic heterocycles. The topological polar surface area (TPSA) is 87.0 Å². The van der Waals surface area contributed by atoms with Crippen LogP contribution in [0.25, 0.3) is 10.8 Å². The van der Waals surface area contributed by atoms with Gasteiger partial charge in [0.1, 0.15) is 22.6 Å². The summed E-state index contributed by atoms with van der Waals surface area (Å²) in [6.07, 6.45) is 7.56. The van der Waals surface area contributed by atoms with Crippen LogP contribution >= 0.6 is 0 Å². The predicted octanol–water partition coefficient (Wildman–Crippen LogP) is 5.19. The molecule has 7 heteroatoms. The molecule has 0 spiro atoms. The van der Waals surface area contributed by atoms with E-state index in [9.17, 15) is 14.4 Å². The summed E-state index contributed by atoms with van der Waals surface area (Å²) < 4.78 is 12.4. The van der Waals surface area contributed by atoms with E-state index in [1.165, 1.54) is 4.57 Å². The van der Waals surface area contributed by atoms with Crippen molar-refractivity contribution in [1.29, 1.82) is 0 Å². The Morgan fingerprint density at radius 3 is 2.20 bits per heavy atom. The van der Waals surface area contributed by atoms with Gasteiger partial charge in [-0.25, -0.2) is 9.59 Å². The first-order valence-corrected chi connectivity index (χ1v) is 12.2. The molecular weight excluding hydrogens is 444 g/mol. The lowest BCUT2D eigenvalue weighted by Gasteiger charge is -2.24. The molecule has 2 aromatic rings. The zero-order valence-corrected chi connectivity index (χ0v) is 21.6. The fourth-order valence-electron chi connectivity index (χ4n) is 4.00. The maximum Gasteiger partial charge on any atom is 0.342 e. The second kappa shape index (κ2) is 10.6. The first-order valence-electron chi connectivity index (χ1n) is 12.2. The predicted molar refractivity (Wildman–Crippen MR) is 138 cm³/mol. The minimum atomic E-state index is -0.811. The van der Waals surface area contributed by atoms with E-state index in [1.807, 2.05) is 12.1 Å². The number of fused-ring (bicyclic) bond motifs is 1. The Morgan fingerprint density at radius 1 is 0.943 bits per heavy atom. The molecule has 188 valence electrons. The molecule has 1 saturated carbocycles. The summed E-state index contributed by atoms with van der Waals surface area (Å²) in [6.45, 7) is 10.5. The fourth-order valence-corrected chi connectivity index (χ4v) is 4.00. The van der Waals surface area contributed by atoms with Crippen molar-refractivity contribution in [3.63, 3.8) is 0 Å². The Labute approximate surface area is 206 Å². The first kappa shape index (κ1) is 26.4. The molecule has 0 amide bonds. The molecule has 7 nitrogen and oxygen atoms in total. The summed E-state index contributed by atoms with van der Waals surface area (Å²) in [5.74, 6) is -1.34. The average Bonchev–Trinajstić information content (AvgIpc) is 2.75. The average molecular weight is 481 g/mol. The number of esters is 2. The van der Waals surface area contributed by atoms with Crippen LogP contribution in [0.1, 0.15) is 73.6 Å². The maximum absolute atomic E-state index is 13.5. The van der Waals surface area contributed by atoms with Crippen LogP contribution in [0.3, 0.4) is 0 Å². The molecular formula is C28H36N2O5. The highest BCUT2D eigenvalue weighted by Gasteiger charge is 2.29. The van der Waals surface area contributed by atoms with Gasteiger partial charge in [0.05, 0.1) is 6.04 Å². The first-order chi connectivity index (χ1) is 16.3. The number of benzene rings is 1. The van der Waals surface area contributed by atoms with Gasteiger partial charge in [0.15, 0.2) is 0 Å². The van der Waals surface area contributed by atoms with Gasteiger partial charge in [0, 0.05) is 17.7 Å².